The van der Waals surface area contributed by atoms with Crippen LogP contribution in [0.25, 0.3) is 0 Å². The molecule has 0 aliphatic heterocycles. The molecule has 124 valence electrons. The molecule has 22 heavy (non-hydrogen) atoms. The highest BCUT2D eigenvalue weighted by atomic mass is 35.5. The Bertz CT molecular complexity index is 679. The number of nitrogens with one attached hydrogen (secondary N) is 1. The normalized spacial score (nSPS) is 13.0. The smallest absolute Gasteiger partial charge is 0.298 e. The molecule has 1 aromatic rings. The number of carbonyl (C=O) groups is 1. The maximum Gasteiger partial charge on any atom is 0.418 e. The van der Waals surface area contributed by atoms with Crippen LogP contribution in [0.5, 0.6) is 0 Å². The lowest BCUT2D eigenvalue weighted by molar-refractivity contribution is -0.136. The topological polar surface area (TPSA) is 63.2 Å². The zero-order valence-electron chi connectivity index (χ0n) is 12.1. The molecule has 1 aromatic carbocycles. The second-order valence-corrected chi connectivity index (χ2v) is 7.88. The van der Waals surface area contributed by atoms with E-state index in [0.29, 0.717) is 6.07 Å². The van der Waals surface area contributed by atoms with Crippen LogP contribution in [-0.4, -0.2) is 20.0 Å². The van der Waals surface area contributed by atoms with Gasteiger partial charge in [0, 0.05) is 10.4 Å². The Morgan fingerprint density at radius 1 is 1.23 bits per heavy atom. The first-order valence-electron chi connectivity index (χ1n) is 6.13. The zero-order chi connectivity index (χ0) is 17.3. The largest absolute Gasteiger partial charge is 0.418 e. The third-order valence-corrected chi connectivity index (χ3v) is 4.12. The van der Waals surface area contributed by atoms with Gasteiger partial charge in [0.25, 0.3) is 0 Å². The number of alkyl halides is 3. The molecule has 1 N–H and O–H groups in total. The van der Waals surface area contributed by atoms with Gasteiger partial charge in [-0.3, -0.25) is 9.52 Å². The van der Waals surface area contributed by atoms with E-state index in [9.17, 15) is 26.4 Å². The Hall–Kier alpha value is -1.28. The predicted molar refractivity (Wildman–Crippen MR) is 78.3 cm³/mol. The standard InChI is InChI=1S/C13H15ClF3NO3S/c1-12(2,3)11(19)7-22(20,21)18-10-5-4-8(14)6-9(10)13(15,16)17/h4-6,18H,7H2,1-3H3. The van der Waals surface area contributed by atoms with E-state index in [1.807, 2.05) is 0 Å². The minimum absolute atomic E-state index is 0.180. The van der Waals surface area contributed by atoms with Crippen molar-refractivity contribution in [1.82, 2.24) is 0 Å². The van der Waals surface area contributed by atoms with E-state index >= 15 is 0 Å². The fraction of sp³-hybridized carbons (Fsp3) is 0.462. The Labute approximate surface area is 131 Å². The number of rotatable bonds is 4. The quantitative estimate of drug-likeness (QED) is 0.893. The van der Waals surface area contributed by atoms with E-state index in [0.717, 1.165) is 12.1 Å². The summed E-state index contributed by atoms with van der Waals surface area (Å²) in [5.41, 5.74) is -2.80. The molecule has 0 aliphatic carbocycles. The molecular formula is C13H15ClF3NO3S. The number of anilines is 1. The van der Waals surface area contributed by atoms with Gasteiger partial charge in [0.05, 0.1) is 11.3 Å². The molecule has 1 rings (SSSR count). The van der Waals surface area contributed by atoms with E-state index in [1.165, 1.54) is 20.8 Å². The molecule has 0 atom stereocenters. The number of Topliss-reactive ketones (excluding diaryl/α,β-unsaturated/α-hetero) is 1. The Morgan fingerprint density at radius 3 is 2.23 bits per heavy atom. The minimum atomic E-state index is -4.78. The summed E-state index contributed by atoms with van der Waals surface area (Å²) >= 11 is 5.51. The molecule has 0 saturated carbocycles. The van der Waals surface area contributed by atoms with Crippen molar-refractivity contribution in [1.29, 1.82) is 0 Å². The molecule has 0 aromatic heterocycles. The summed E-state index contributed by atoms with van der Waals surface area (Å²) < 4.78 is 64.3. The van der Waals surface area contributed by atoms with Crippen LogP contribution >= 0.6 is 11.6 Å². The molecule has 4 nitrogen and oxygen atoms in total. The van der Waals surface area contributed by atoms with Crippen LogP contribution in [-0.2, 0) is 21.0 Å². The summed E-state index contributed by atoms with van der Waals surface area (Å²) in [4.78, 5) is 11.7. The summed E-state index contributed by atoms with van der Waals surface area (Å²) in [5.74, 6) is -1.52. The van der Waals surface area contributed by atoms with Crippen LogP contribution in [0, 0.1) is 5.41 Å². The molecule has 0 spiro atoms. The van der Waals surface area contributed by atoms with E-state index < -0.39 is 44.4 Å². The lowest BCUT2D eigenvalue weighted by atomic mass is 9.92. The van der Waals surface area contributed by atoms with Gasteiger partial charge in [0.15, 0.2) is 5.78 Å². The minimum Gasteiger partial charge on any atom is -0.298 e. The lowest BCUT2D eigenvalue weighted by Gasteiger charge is -2.18. The molecule has 0 saturated heterocycles. The van der Waals surface area contributed by atoms with Gasteiger partial charge in [-0.25, -0.2) is 8.42 Å². The molecule has 0 fully saturated rings. The van der Waals surface area contributed by atoms with Gasteiger partial charge in [0.1, 0.15) is 5.75 Å². The van der Waals surface area contributed by atoms with Crippen molar-refractivity contribution in [3.63, 3.8) is 0 Å². The summed E-state index contributed by atoms with van der Waals surface area (Å²) in [6.07, 6.45) is -4.78. The van der Waals surface area contributed by atoms with E-state index in [4.69, 9.17) is 11.6 Å². The van der Waals surface area contributed by atoms with Gasteiger partial charge in [-0.05, 0) is 18.2 Å². The first kappa shape index (κ1) is 18.8. The Morgan fingerprint density at radius 2 is 1.77 bits per heavy atom. The highest BCUT2D eigenvalue weighted by molar-refractivity contribution is 7.93. The molecular weight excluding hydrogens is 343 g/mol. The van der Waals surface area contributed by atoms with Crippen molar-refractivity contribution in [3.05, 3.63) is 28.8 Å². The number of hydrogen-bond acceptors (Lipinski definition) is 3. The average Bonchev–Trinajstić information content (AvgIpc) is 2.28. The monoisotopic (exact) mass is 357 g/mol. The van der Waals surface area contributed by atoms with Gasteiger partial charge >= 0.3 is 6.18 Å². The van der Waals surface area contributed by atoms with E-state index in [1.54, 1.807) is 4.72 Å². The van der Waals surface area contributed by atoms with Crippen molar-refractivity contribution < 1.29 is 26.4 Å². The van der Waals surface area contributed by atoms with Gasteiger partial charge < -0.3 is 0 Å². The summed E-state index contributed by atoms with van der Waals surface area (Å²) in [6, 6.07) is 2.65. The van der Waals surface area contributed by atoms with E-state index in [2.05, 4.69) is 0 Å². The molecule has 0 amide bonds. The fourth-order valence-corrected chi connectivity index (χ4v) is 2.97. The summed E-state index contributed by atoms with van der Waals surface area (Å²) in [7, 11) is -4.26. The first-order valence-corrected chi connectivity index (χ1v) is 8.16. The predicted octanol–water partition coefficient (Wildman–Crippen LogP) is 3.72. The van der Waals surface area contributed by atoms with Crippen LogP contribution in [0.2, 0.25) is 5.02 Å². The van der Waals surface area contributed by atoms with Gasteiger partial charge in [-0.2, -0.15) is 13.2 Å². The number of halogens is 4. The summed E-state index contributed by atoms with van der Waals surface area (Å²) in [5, 5.41) is -0.180. The van der Waals surface area contributed by atoms with Crippen LogP contribution in [0.3, 0.4) is 0 Å². The third kappa shape index (κ3) is 5.17. The molecule has 9 heteroatoms. The zero-order valence-corrected chi connectivity index (χ0v) is 13.7. The average molecular weight is 358 g/mol. The fourth-order valence-electron chi connectivity index (χ4n) is 1.43. The first-order chi connectivity index (χ1) is 9.72. The van der Waals surface area contributed by atoms with Crippen LogP contribution < -0.4 is 4.72 Å². The van der Waals surface area contributed by atoms with Crippen molar-refractivity contribution in [3.8, 4) is 0 Å². The molecule has 0 radical (unpaired) electrons. The Kier molecular flexibility index (Phi) is 5.18. The Balaban J connectivity index is 3.12. The second kappa shape index (κ2) is 6.08. The maximum atomic E-state index is 12.9. The van der Waals surface area contributed by atoms with E-state index in [-0.39, 0.29) is 5.02 Å². The number of hydrogen-bond donors (Lipinski definition) is 1. The highest BCUT2D eigenvalue weighted by Crippen LogP contribution is 2.37. The van der Waals surface area contributed by atoms with Crippen molar-refractivity contribution in [2.75, 3.05) is 10.5 Å². The molecule has 0 unspecified atom stereocenters. The van der Waals surface area contributed by atoms with Crippen LogP contribution in [0.15, 0.2) is 18.2 Å². The van der Waals surface area contributed by atoms with Crippen molar-refractivity contribution >= 4 is 33.1 Å². The van der Waals surface area contributed by atoms with Crippen LogP contribution in [0.1, 0.15) is 26.3 Å². The second-order valence-electron chi connectivity index (χ2n) is 5.72. The number of benzene rings is 1. The lowest BCUT2D eigenvalue weighted by Crippen LogP contribution is -2.31. The SMILES string of the molecule is CC(C)(C)C(=O)CS(=O)(=O)Nc1ccc(Cl)cc1C(F)(F)F. The highest BCUT2D eigenvalue weighted by Gasteiger charge is 2.35. The van der Waals surface area contributed by atoms with Gasteiger partial charge in [0.2, 0.25) is 10.0 Å². The maximum absolute atomic E-state index is 12.9. The summed E-state index contributed by atoms with van der Waals surface area (Å²) in [6.45, 7) is 4.57. The number of sulfonamides is 1. The van der Waals surface area contributed by atoms with Crippen LogP contribution in [0.4, 0.5) is 18.9 Å². The van der Waals surface area contributed by atoms with Crippen molar-refractivity contribution in [2.45, 2.75) is 26.9 Å². The van der Waals surface area contributed by atoms with Crippen molar-refractivity contribution in [2.24, 2.45) is 5.41 Å². The number of carbonyl (C=O) groups excluding carboxylic acids is 1. The number of ketones is 1. The molecule has 0 bridgehead atoms. The third-order valence-electron chi connectivity index (χ3n) is 2.71. The van der Waals surface area contributed by atoms with Gasteiger partial charge in [-0.1, -0.05) is 32.4 Å². The molecule has 0 heterocycles. The van der Waals surface area contributed by atoms with Gasteiger partial charge in [-0.15, -0.1) is 0 Å². The molecule has 0 aliphatic rings.